The second-order valence-electron chi connectivity index (χ2n) is 5.38. The molecule has 0 bridgehead atoms. The predicted octanol–water partition coefficient (Wildman–Crippen LogP) is 3.51. The molecule has 0 saturated carbocycles. The maximum atomic E-state index is 4.41. The van der Waals surface area contributed by atoms with Crippen molar-refractivity contribution in [3.8, 4) is 0 Å². The zero-order chi connectivity index (χ0) is 14.1. The van der Waals surface area contributed by atoms with Crippen LogP contribution in [0.15, 0.2) is 48.9 Å². The van der Waals surface area contributed by atoms with E-state index in [1.165, 1.54) is 24.0 Å². The molecule has 1 aliphatic carbocycles. The Hall–Kier alpha value is -2.49. The molecule has 0 radical (unpaired) electrons. The van der Waals surface area contributed by atoms with Crippen molar-refractivity contribution in [2.75, 3.05) is 5.32 Å². The van der Waals surface area contributed by atoms with Crippen LogP contribution in [-0.2, 0) is 6.42 Å². The maximum Gasteiger partial charge on any atom is 0.164 e. The molecule has 0 spiro atoms. The summed E-state index contributed by atoms with van der Waals surface area (Å²) in [6, 6.07) is 12.9. The Morgan fingerprint density at radius 3 is 2.95 bits per heavy atom. The van der Waals surface area contributed by atoms with Crippen LogP contribution in [0.25, 0.3) is 11.0 Å². The fourth-order valence-electron chi connectivity index (χ4n) is 3.08. The van der Waals surface area contributed by atoms with Crippen LogP contribution in [0.3, 0.4) is 0 Å². The molecule has 1 aromatic carbocycles. The van der Waals surface area contributed by atoms with Crippen LogP contribution in [0, 0.1) is 0 Å². The van der Waals surface area contributed by atoms with Crippen LogP contribution in [0.5, 0.6) is 0 Å². The van der Waals surface area contributed by atoms with Crippen LogP contribution in [-0.4, -0.2) is 15.0 Å². The SMILES string of the molecule is c1ccc2c(c1)CCCC2Nc1ncnc2ncccc12. The van der Waals surface area contributed by atoms with Crippen molar-refractivity contribution in [2.24, 2.45) is 0 Å². The number of fused-ring (bicyclic) bond motifs is 2. The summed E-state index contributed by atoms with van der Waals surface area (Å²) in [6.45, 7) is 0. The Morgan fingerprint density at radius 2 is 1.95 bits per heavy atom. The fraction of sp³-hybridized carbons (Fsp3) is 0.235. The summed E-state index contributed by atoms with van der Waals surface area (Å²) in [6.07, 6.45) is 6.83. The van der Waals surface area contributed by atoms with E-state index in [2.05, 4.69) is 44.5 Å². The highest BCUT2D eigenvalue weighted by atomic mass is 15.1. The largest absolute Gasteiger partial charge is 0.363 e. The quantitative estimate of drug-likeness (QED) is 0.778. The molecule has 2 aromatic heterocycles. The lowest BCUT2D eigenvalue weighted by atomic mass is 9.88. The molecular formula is C17H16N4. The Kier molecular flexibility index (Phi) is 2.99. The number of rotatable bonds is 2. The van der Waals surface area contributed by atoms with Crippen LogP contribution in [0.2, 0.25) is 0 Å². The molecule has 104 valence electrons. The van der Waals surface area contributed by atoms with Gasteiger partial charge in [0.05, 0.1) is 11.4 Å². The normalized spacial score (nSPS) is 17.4. The standard InChI is InChI=1S/C17H16N4/c1-2-7-13-12(5-1)6-3-9-15(13)21-17-14-8-4-10-18-16(14)19-11-20-17/h1-2,4-5,7-8,10-11,15H,3,6,9H2,(H,18,19,20,21). The highest BCUT2D eigenvalue weighted by molar-refractivity contribution is 5.86. The van der Waals surface area contributed by atoms with Crippen LogP contribution >= 0.6 is 0 Å². The number of nitrogens with one attached hydrogen (secondary N) is 1. The summed E-state index contributed by atoms with van der Waals surface area (Å²) < 4.78 is 0. The molecule has 3 aromatic rings. The van der Waals surface area contributed by atoms with Crippen molar-refractivity contribution >= 4 is 16.9 Å². The van der Waals surface area contributed by atoms with E-state index >= 15 is 0 Å². The van der Waals surface area contributed by atoms with Gasteiger partial charge in [-0.3, -0.25) is 0 Å². The minimum absolute atomic E-state index is 0.313. The lowest BCUT2D eigenvalue weighted by Crippen LogP contribution is -2.18. The summed E-state index contributed by atoms with van der Waals surface area (Å²) in [5.74, 6) is 0.870. The Balaban J connectivity index is 1.73. The first-order valence-corrected chi connectivity index (χ1v) is 7.32. The van der Waals surface area contributed by atoms with E-state index in [9.17, 15) is 0 Å². The lowest BCUT2D eigenvalue weighted by Gasteiger charge is -2.27. The third-order valence-corrected chi connectivity index (χ3v) is 4.09. The molecule has 4 rings (SSSR count). The van der Waals surface area contributed by atoms with Crippen molar-refractivity contribution in [3.63, 3.8) is 0 Å². The Bertz CT molecular complexity index is 779. The number of aryl methyl sites for hydroxylation is 1. The molecule has 4 nitrogen and oxygen atoms in total. The van der Waals surface area contributed by atoms with Gasteiger partial charge in [0.25, 0.3) is 0 Å². The van der Waals surface area contributed by atoms with E-state index in [0.717, 1.165) is 23.3 Å². The average Bonchev–Trinajstić information content (AvgIpc) is 2.56. The van der Waals surface area contributed by atoms with Crippen LogP contribution in [0.1, 0.15) is 30.0 Å². The molecule has 1 N–H and O–H groups in total. The number of nitrogens with zero attached hydrogens (tertiary/aromatic N) is 3. The van der Waals surface area contributed by atoms with E-state index in [0.29, 0.717) is 6.04 Å². The van der Waals surface area contributed by atoms with Gasteiger partial charge in [0.15, 0.2) is 5.65 Å². The van der Waals surface area contributed by atoms with Gasteiger partial charge in [-0.05, 0) is 42.5 Å². The molecule has 0 aliphatic heterocycles. The van der Waals surface area contributed by atoms with Gasteiger partial charge in [0.2, 0.25) is 0 Å². The van der Waals surface area contributed by atoms with E-state index < -0.39 is 0 Å². The number of hydrogen-bond acceptors (Lipinski definition) is 4. The topological polar surface area (TPSA) is 50.7 Å². The van der Waals surface area contributed by atoms with Gasteiger partial charge in [0, 0.05) is 6.20 Å². The van der Waals surface area contributed by atoms with Gasteiger partial charge in [-0.1, -0.05) is 24.3 Å². The molecular weight excluding hydrogens is 260 g/mol. The van der Waals surface area contributed by atoms with Crippen LogP contribution in [0.4, 0.5) is 5.82 Å². The summed E-state index contributed by atoms with van der Waals surface area (Å²) in [4.78, 5) is 12.9. The predicted molar refractivity (Wildman–Crippen MR) is 83.1 cm³/mol. The van der Waals surface area contributed by atoms with Gasteiger partial charge in [-0.15, -0.1) is 0 Å². The second-order valence-corrected chi connectivity index (χ2v) is 5.38. The van der Waals surface area contributed by atoms with Gasteiger partial charge in [-0.25, -0.2) is 15.0 Å². The molecule has 0 saturated heterocycles. The van der Waals surface area contributed by atoms with Crippen molar-refractivity contribution in [2.45, 2.75) is 25.3 Å². The number of hydrogen-bond donors (Lipinski definition) is 1. The molecule has 1 unspecified atom stereocenters. The van der Waals surface area contributed by atoms with E-state index in [4.69, 9.17) is 0 Å². The lowest BCUT2D eigenvalue weighted by molar-refractivity contribution is 0.599. The van der Waals surface area contributed by atoms with Crippen LogP contribution < -0.4 is 5.32 Å². The minimum atomic E-state index is 0.313. The minimum Gasteiger partial charge on any atom is -0.363 e. The number of benzene rings is 1. The zero-order valence-corrected chi connectivity index (χ0v) is 11.7. The smallest absolute Gasteiger partial charge is 0.164 e. The first-order valence-electron chi connectivity index (χ1n) is 7.32. The van der Waals surface area contributed by atoms with Crippen molar-refractivity contribution in [3.05, 3.63) is 60.0 Å². The molecule has 2 heterocycles. The molecule has 1 aliphatic rings. The Labute approximate surface area is 123 Å². The number of aromatic nitrogens is 3. The number of pyridine rings is 1. The fourth-order valence-corrected chi connectivity index (χ4v) is 3.08. The molecule has 21 heavy (non-hydrogen) atoms. The summed E-state index contributed by atoms with van der Waals surface area (Å²) in [5, 5.41) is 4.56. The van der Waals surface area contributed by atoms with Crippen molar-refractivity contribution in [1.29, 1.82) is 0 Å². The Morgan fingerprint density at radius 1 is 1.00 bits per heavy atom. The highest BCUT2D eigenvalue weighted by Crippen LogP contribution is 2.33. The zero-order valence-electron chi connectivity index (χ0n) is 11.7. The molecule has 0 fully saturated rings. The second kappa shape index (κ2) is 5.13. The van der Waals surface area contributed by atoms with Gasteiger partial charge in [-0.2, -0.15) is 0 Å². The first kappa shape index (κ1) is 12.3. The van der Waals surface area contributed by atoms with Gasteiger partial charge >= 0.3 is 0 Å². The number of anilines is 1. The summed E-state index contributed by atoms with van der Waals surface area (Å²) >= 11 is 0. The average molecular weight is 276 g/mol. The third kappa shape index (κ3) is 2.23. The summed E-state index contributed by atoms with van der Waals surface area (Å²) in [7, 11) is 0. The maximum absolute atomic E-state index is 4.41. The van der Waals surface area contributed by atoms with Crippen molar-refractivity contribution in [1.82, 2.24) is 15.0 Å². The van der Waals surface area contributed by atoms with E-state index in [1.807, 2.05) is 12.1 Å². The molecule has 1 atom stereocenters. The van der Waals surface area contributed by atoms with Gasteiger partial charge in [0.1, 0.15) is 12.1 Å². The van der Waals surface area contributed by atoms with E-state index in [1.54, 1.807) is 12.5 Å². The highest BCUT2D eigenvalue weighted by Gasteiger charge is 2.20. The first-order chi connectivity index (χ1) is 10.4. The molecule has 4 heteroatoms. The monoisotopic (exact) mass is 276 g/mol. The van der Waals surface area contributed by atoms with Gasteiger partial charge < -0.3 is 5.32 Å². The van der Waals surface area contributed by atoms with Crippen molar-refractivity contribution < 1.29 is 0 Å². The molecule has 0 amide bonds. The van der Waals surface area contributed by atoms with E-state index in [-0.39, 0.29) is 0 Å². The summed E-state index contributed by atoms with van der Waals surface area (Å²) in [5.41, 5.74) is 3.57. The third-order valence-electron chi connectivity index (χ3n) is 4.09.